The lowest BCUT2D eigenvalue weighted by Crippen LogP contribution is -2.37. The first kappa shape index (κ1) is 25.4. The predicted molar refractivity (Wildman–Crippen MR) is 102 cm³/mol. The summed E-state index contributed by atoms with van der Waals surface area (Å²) in [7, 11) is 0. The zero-order chi connectivity index (χ0) is 17.3. The number of aliphatic hydroxyl groups excluding tert-OH is 1. The minimum absolute atomic E-state index is 0.00910. The van der Waals surface area contributed by atoms with E-state index in [2.05, 4.69) is 25.8 Å². The van der Waals surface area contributed by atoms with Gasteiger partial charge in [-0.15, -0.1) is 0 Å². The Kier molecular flexibility index (Phi) is 21.3. The van der Waals surface area contributed by atoms with Crippen LogP contribution in [0.4, 0.5) is 0 Å². The van der Waals surface area contributed by atoms with Crippen LogP contribution < -0.4 is 5.73 Å². The summed E-state index contributed by atoms with van der Waals surface area (Å²) in [6, 6.07) is 0. The van der Waals surface area contributed by atoms with E-state index in [1.807, 2.05) is 39.8 Å². The van der Waals surface area contributed by atoms with Crippen LogP contribution in [0.25, 0.3) is 0 Å². The molecule has 0 heterocycles. The number of hydrogen-bond donors (Lipinski definition) is 3. The molecule has 0 amide bonds. The number of allylic oxidation sites excluding steroid dienone is 3. The average molecular weight is 316 g/mol. The zero-order valence-electron chi connectivity index (χ0n) is 14.7. The molecule has 2 nitrogen and oxygen atoms in total. The van der Waals surface area contributed by atoms with Crippen LogP contribution >= 0.6 is 12.6 Å². The summed E-state index contributed by atoms with van der Waals surface area (Å²) in [5, 5.41) is 9.52. The maximum Gasteiger partial charge on any atom is 0.0541 e. The Balaban J connectivity index is -0.000000478. The van der Waals surface area contributed by atoms with Crippen LogP contribution in [-0.2, 0) is 0 Å². The molecular formula is C18H37NOS. The molecular weight excluding hydrogens is 278 g/mol. The summed E-state index contributed by atoms with van der Waals surface area (Å²) in [5.74, 6) is 0. The molecule has 1 aliphatic rings. The van der Waals surface area contributed by atoms with Crippen molar-refractivity contribution in [3.05, 3.63) is 37.0 Å². The third-order valence-corrected chi connectivity index (χ3v) is 3.43. The molecule has 0 aromatic carbocycles. The highest BCUT2D eigenvalue weighted by Crippen LogP contribution is 2.42. The second kappa shape index (κ2) is 17.5. The normalized spacial score (nSPS) is 24.0. The van der Waals surface area contributed by atoms with Crippen molar-refractivity contribution in [2.75, 3.05) is 12.8 Å². The van der Waals surface area contributed by atoms with Crippen LogP contribution in [0.3, 0.4) is 0 Å². The van der Waals surface area contributed by atoms with Crippen molar-refractivity contribution in [2.45, 2.75) is 59.5 Å². The van der Waals surface area contributed by atoms with E-state index in [0.717, 1.165) is 31.3 Å². The average Bonchev–Trinajstić information content (AvgIpc) is 2.59. The molecule has 21 heavy (non-hydrogen) atoms. The van der Waals surface area contributed by atoms with Gasteiger partial charge >= 0.3 is 0 Å². The molecule has 3 heteroatoms. The molecule has 1 rings (SSSR count). The molecule has 1 saturated carbocycles. The van der Waals surface area contributed by atoms with E-state index in [1.54, 1.807) is 12.3 Å². The molecule has 0 atom stereocenters. The fourth-order valence-electron chi connectivity index (χ4n) is 2.35. The van der Waals surface area contributed by atoms with Crippen LogP contribution in [0.15, 0.2) is 37.0 Å². The Labute approximate surface area is 138 Å². The van der Waals surface area contributed by atoms with Gasteiger partial charge in [0.25, 0.3) is 0 Å². The maximum absolute atomic E-state index is 9.52. The lowest BCUT2D eigenvalue weighted by molar-refractivity contribution is 0.0842. The van der Waals surface area contributed by atoms with Crippen molar-refractivity contribution in [1.82, 2.24) is 0 Å². The number of rotatable bonds is 4. The van der Waals surface area contributed by atoms with E-state index in [1.165, 1.54) is 0 Å². The summed E-state index contributed by atoms with van der Waals surface area (Å²) in [6.45, 7) is 16.2. The van der Waals surface area contributed by atoms with Crippen LogP contribution in [-0.4, -0.2) is 24.0 Å². The summed E-state index contributed by atoms with van der Waals surface area (Å²) in [5.41, 5.74) is 7.05. The highest BCUT2D eigenvalue weighted by atomic mass is 32.1. The van der Waals surface area contributed by atoms with E-state index >= 15 is 0 Å². The predicted octanol–water partition coefficient (Wildman–Crippen LogP) is 4.76. The van der Waals surface area contributed by atoms with E-state index in [4.69, 9.17) is 5.73 Å². The molecule has 0 saturated heterocycles. The van der Waals surface area contributed by atoms with Gasteiger partial charge in [-0.3, -0.25) is 0 Å². The monoisotopic (exact) mass is 315 g/mol. The van der Waals surface area contributed by atoms with Gasteiger partial charge in [0.2, 0.25) is 0 Å². The van der Waals surface area contributed by atoms with Gasteiger partial charge in [0.05, 0.1) is 6.10 Å². The fraction of sp³-hybridized carbons (Fsp3) is 0.667. The largest absolute Gasteiger partial charge is 0.393 e. The Bertz CT molecular complexity index is 266. The third kappa shape index (κ3) is 9.18. The molecule has 1 aliphatic carbocycles. The fourth-order valence-corrected chi connectivity index (χ4v) is 2.35. The molecule has 3 N–H and O–H groups in total. The van der Waals surface area contributed by atoms with Crippen molar-refractivity contribution in [2.24, 2.45) is 11.1 Å². The molecule has 0 aliphatic heterocycles. The maximum atomic E-state index is 9.52. The first-order valence-corrected chi connectivity index (χ1v) is 8.86. The summed E-state index contributed by atoms with van der Waals surface area (Å²) in [4.78, 5) is 0. The van der Waals surface area contributed by atoms with E-state index in [-0.39, 0.29) is 11.5 Å². The van der Waals surface area contributed by atoms with Crippen LogP contribution in [0.5, 0.6) is 0 Å². The Morgan fingerprint density at radius 1 is 1.19 bits per heavy atom. The zero-order valence-corrected chi connectivity index (χ0v) is 15.6. The summed E-state index contributed by atoms with van der Waals surface area (Å²) < 4.78 is 0. The lowest BCUT2D eigenvalue weighted by atomic mass is 9.68. The van der Waals surface area contributed by atoms with Crippen molar-refractivity contribution < 1.29 is 5.11 Å². The third-order valence-electron chi connectivity index (χ3n) is 3.43. The van der Waals surface area contributed by atoms with E-state index in [9.17, 15) is 5.11 Å². The summed E-state index contributed by atoms with van der Waals surface area (Å²) >= 11 is 3.53. The summed E-state index contributed by atoms with van der Waals surface area (Å²) in [6.07, 6.45) is 10.7. The van der Waals surface area contributed by atoms with Crippen molar-refractivity contribution >= 4 is 12.6 Å². The van der Waals surface area contributed by atoms with Crippen LogP contribution in [0.1, 0.15) is 53.4 Å². The Morgan fingerprint density at radius 3 is 1.90 bits per heavy atom. The highest BCUT2D eigenvalue weighted by molar-refractivity contribution is 7.79. The molecule has 0 spiro atoms. The molecule has 126 valence electrons. The van der Waals surface area contributed by atoms with E-state index < -0.39 is 0 Å². The van der Waals surface area contributed by atoms with Gasteiger partial charge < -0.3 is 10.8 Å². The lowest BCUT2D eigenvalue weighted by Gasteiger charge is -2.39. The van der Waals surface area contributed by atoms with Gasteiger partial charge in [-0.05, 0) is 37.5 Å². The van der Waals surface area contributed by atoms with Crippen LogP contribution in [0.2, 0.25) is 0 Å². The topological polar surface area (TPSA) is 46.2 Å². The van der Waals surface area contributed by atoms with Gasteiger partial charge in [-0.1, -0.05) is 59.1 Å². The molecule has 0 unspecified atom stereocenters. The quantitative estimate of drug-likeness (QED) is 0.517. The van der Waals surface area contributed by atoms with Gasteiger partial charge in [-0.25, -0.2) is 0 Å². The Hall–Kier alpha value is -0.510. The molecule has 0 bridgehead atoms. The number of aliphatic hydroxyl groups is 1. The van der Waals surface area contributed by atoms with E-state index in [0.29, 0.717) is 6.54 Å². The van der Waals surface area contributed by atoms with Gasteiger partial charge in [0.1, 0.15) is 0 Å². The van der Waals surface area contributed by atoms with Gasteiger partial charge in [-0.2, -0.15) is 12.6 Å². The minimum atomic E-state index is -0.153. The first-order valence-electron chi connectivity index (χ1n) is 7.97. The first-order chi connectivity index (χ1) is 10.2. The highest BCUT2D eigenvalue weighted by Gasteiger charge is 2.35. The van der Waals surface area contributed by atoms with Crippen LogP contribution in [0, 0.1) is 5.41 Å². The van der Waals surface area contributed by atoms with Crippen molar-refractivity contribution in [3.8, 4) is 0 Å². The number of hydrogen-bond acceptors (Lipinski definition) is 3. The second-order valence-corrected chi connectivity index (χ2v) is 4.28. The molecule has 0 aromatic rings. The molecule has 0 radical (unpaired) electrons. The van der Waals surface area contributed by atoms with Crippen molar-refractivity contribution in [3.63, 3.8) is 0 Å². The minimum Gasteiger partial charge on any atom is -0.393 e. The van der Waals surface area contributed by atoms with Gasteiger partial charge in [0.15, 0.2) is 0 Å². The smallest absolute Gasteiger partial charge is 0.0541 e. The van der Waals surface area contributed by atoms with Crippen molar-refractivity contribution in [1.29, 1.82) is 0 Å². The van der Waals surface area contributed by atoms with Gasteiger partial charge in [0, 0.05) is 12.0 Å². The second-order valence-electron chi connectivity index (χ2n) is 4.28. The number of thiol groups is 1. The number of nitrogens with two attached hydrogens (primary N) is 1. The Morgan fingerprint density at radius 2 is 1.62 bits per heavy atom. The molecule has 0 aromatic heterocycles. The molecule has 1 fully saturated rings. The SMILES string of the molecule is C=C/C=C(\C=C)C1(CN)CCC(O)CC1.CC.CC.CS. The standard InChI is InChI=1S/C13H21NO.2C2H6.CH4S/c1-3-5-11(4-2)13(10-14)8-6-12(15)7-9-13;3*1-2/h3-5,12,15H,1-2,6-10,14H2;2*1-2H3;2H,1H3/b11-5+;;;.